The standard InChI is InChI=1S/C11H19NO2/c1-8(9-4-2-5-9)12-7-3-6-10(12)11(13)14/h8-10H,2-7H2,1H3,(H,13,14). The Morgan fingerprint density at radius 3 is 2.57 bits per heavy atom. The van der Waals surface area contributed by atoms with E-state index >= 15 is 0 Å². The maximum absolute atomic E-state index is 11.0. The molecule has 2 aliphatic rings. The van der Waals surface area contributed by atoms with Crippen LogP contribution in [-0.4, -0.2) is 34.6 Å². The smallest absolute Gasteiger partial charge is 0.320 e. The number of hydrogen-bond acceptors (Lipinski definition) is 2. The van der Waals surface area contributed by atoms with Crippen LogP contribution in [-0.2, 0) is 4.79 Å². The number of likely N-dealkylation sites (tertiary alicyclic amines) is 1. The zero-order valence-corrected chi connectivity index (χ0v) is 8.78. The molecule has 1 aliphatic heterocycles. The number of nitrogens with zero attached hydrogens (tertiary/aromatic N) is 1. The molecule has 0 aromatic carbocycles. The Labute approximate surface area is 85.1 Å². The molecule has 0 bridgehead atoms. The quantitative estimate of drug-likeness (QED) is 0.749. The van der Waals surface area contributed by atoms with Crippen LogP contribution in [0.2, 0.25) is 0 Å². The van der Waals surface area contributed by atoms with Crippen LogP contribution in [0.3, 0.4) is 0 Å². The number of carbonyl (C=O) groups is 1. The van der Waals surface area contributed by atoms with E-state index < -0.39 is 5.97 Å². The van der Waals surface area contributed by atoms with Crippen molar-refractivity contribution >= 4 is 5.97 Å². The van der Waals surface area contributed by atoms with Crippen molar-refractivity contribution in [2.45, 2.75) is 51.1 Å². The molecule has 14 heavy (non-hydrogen) atoms. The fourth-order valence-corrected chi connectivity index (χ4v) is 2.73. The molecule has 3 heteroatoms. The Kier molecular flexibility index (Phi) is 2.77. The molecule has 0 aromatic rings. The number of carboxylic acid groups (broad SMARTS) is 1. The maximum Gasteiger partial charge on any atom is 0.320 e. The first-order valence-electron chi connectivity index (χ1n) is 5.68. The molecular formula is C11H19NO2. The fraction of sp³-hybridized carbons (Fsp3) is 0.909. The van der Waals surface area contributed by atoms with Gasteiger partial charge in [0.15, 0.2) is 0 Å². The van der Waals surface area contributed by atoms with Gasteiger partial charge in [0.25, 0.3) is 0 Å². The number of rotatable bonds is 3. The van der Waals surface area contributed by atoms with Gasteiger partial charge in [-0.3, -0.25) is 9.69 Å². The zero-order chi connectivity index (χ0) is 10.1. The van der Waals surface area contributed by atoms with Crippen molar-refractivity contribution in [2.75, 3.05) is 6.54 Å². The Morgan fingerprint density at radius 1 is 1.36 bits per heavy atom. The Balaban J connectivity index is 1.97. The van der Waals surface area contributed by atoms with Crippen molar-refractivity contribution in [3.8, 4) is 0 Å². The minimum absolute atomic E-state index is 0.203. The van der Waals surface area contributed by atoms with Crippen molar-refractivity contribution in [2.24, 2.45) is 5.92 Å². The van der Waals surface area contributed by atoms with Crippen LogP contribution < -0.4 is 0 Å². The topological polar surface area (TPSA) is 40.5 Å². The number of carboxylic acids is 1. The average molecular weight is 197 g/mol. The summed E-state index contributed by atoms with van der Waals surface area (Å²) in [6.07, 6.45) is 5.81. The van der Waals surface area contributed by atoms with Gasteiger partial charge in [-0.1, -0.05) is 6.42 Å². The lowest BCUT2D eigenvalue weighted by Crippen LogP contribution is -2.46. The fourth-order valence-electron chi connectivity index (χ4n) is 2.73. The minimum Gasteiger partial charge on any atom is -0.480 e. The molecule has 1 saturated heterocycles. The highest BCUT2D eigenvalue weighted by molar-refractivity contribution is 5.73. The molecule has 2 atom stereocenters. The summed E-state index contributed by atoms with van der Waals surface area (Å²) in [5, 5.41) is 9.06. The van der Waals surface area contributed by atoms with Gasteiger partial charge < -0.3 is 5.11 Å². The first kappa shape index (κ1) is 9.97. The SMILES string of the molecule is CC(C1CCC1)N1CCCC1C(=O)O. The predicted molar refractivity (Wildman–Crippen MR) is 54.2 cm³/mol. The van der Waals surface area contributed by atoms with Gasteiger partial charge in [-0.05, 0) is 45.1 Å². The van der Waals surface area contributed by atoms with Crippen molar-refractivity contribution in [1.29, 1.82) is 0 Å². The number of aliphatic carboxylic acids is 1. The second kappa shape index (κ2) is 3.89. The summed E-state index contributed by atoms with van der Waals surface area (Å²) in [6.45, 7) is 3.18. The van der Waals surface area contributed by atoms with E-state index in [4.69, 9.17) is 5.11 Å². The van der Waals surface area contributed by atoms with E-state index in [9.17, 15) is 4.79 Å². The van der Waals surface area contributed by atoms with E-state index in [1.807, 2.05) is 0 Å². The molecule has 2 rings (SSSR count). The molecular weight excluding hydrogens is 178 g/mol. The Hall–Kier alpha value is -0.570. The molecule has 3 nitrogen and oxygen atoms in total. The van der Waals surface area contributed by atoms with E-state index in [0.29, 0.717) is 6.04 Å². The highest BCUT2D eigenvalue weighted by Gasteiger charge is 2.37. The Morgan fingerprint density at radius 2 is 2.07 bits per heavy atom. The van der Waals surface area contributed by atoms with Crippen LogP contribution in [0.25, 0.3) is 0 Å². The highest BCUT2D eigenvalue weighted by atomic mass is 16.4. The summed E-state index contributed by atoms with van der Waals surface area (Å²) < 4.78 is 0. The molecule has 0 aromatic heterocycles. The third-order valence-electron chi connectivity index (χ3n) is 3.93. The van der Waals surface area contributed by atoms with Crippen LogP contribution in [0.15, 0.2) is 0 Å². The van der Waals surface area contributed by atoms with Crippen LogP contribution >= 0.6 is 0 Å². The average Bonchev–Trinajstić information content (AvgIpc) is 2.47. The van der Waals surface area contributed by atoms with Gasteiger partial charge in [0.1, 0.15) is 6.04 Å². The van der Waals surface area contributed by atoms with E-state index in [-0.39, 0.29) is 6.04 Å². The lowest BCUT2D eigenvalue weighted by molar-refractivity contribution is -0.143. The number of hydrogen-bond donors (Lipinski definition) is 1. The molecule has 1 saturated carbocycles. The zero-order valence-electron chi connectivity index (χ0n) is 8.78. The lowest BCUT2D eigenvalue weighted by Gasteiger charge is -2.39. The summed E-state index contributed by atoms with van der Waals surface area (Å²) in [5.74, 6) is 0.128. The molecule has 0 amide bonds. The second-order valence-electron chi connectivity index (χ2n) is 4.67. The van der Waals surface area contributed by atoms with Crippen molar-refractivity contribution < 1.29 is 9.90 Å². The summed E-state index contributed by atoms with van der Waals surface area (Å²) >= 11 is 0. The molecule has 2 fully saturated rings. The van der Waals surface area contributed by atoms with Crippen LogP contribution in [0.1, 0.15) is 39.0 Å². The molecule has 80 valence electrons. The van der Waals surface area contributed by atoms with Gasteiger partial charge in [-0.15, -0.1) is 0 Å². The molecule has 1 N–H and O–H groups in total. The summed E-state index contributed by atoms with van der Waals surface area (Å²) in [5.41, 5.74) is 0. The first-order valence-corrected chi connectivity index (χ1v) is 5.68. The van der Waals surface area contributed by atoms with Gasteiger partial charge in [-0.25, -0.2) is 0 Å². The largest absolute Gasteiger partial charge is 0.480 e. The van der Waals surface area contributed by atoms with Crippen molar-refractivity contribution in [3.05, 3.63) is 0 Å². The molecule has 1 heterocycles. The van der Waals surface area contributed by atoms with Crippen molar-refractivity contribution in [3.63, 3.8) is 0 Å². The second-order valence-corrected chi connectivity index (χ2v) is 4.67. The van der Waals surface area contributed by atoms with Gasteiger partial charge in [0.2, 0.25) is 0 Å². The summed E-state index contributed by atoms with van der Waals surface area (Å²) in [7, 11) is 0. The van der Waals surface area contributed by atoms with Crippen molar-refractivity contribution in [1.82, 2.24) is 4.90 Å². The van der Waals surface area contributed by atoms with Crippen LogP contribution in [0, 0.1) is 5.92 Å². The monoisotopic (exact) mass is 197 g/mol. The van der Waals surface area contributed by atoms with Crippen LogP contribution in [0.5, 0.6) is 0 Å². The van der Waals surface area contributed by atoms with E-state index in [1.165, 1.54) is 19.3 Å². The molecule has 2 unspecified atom stereocenters. The van der Waals surface area contributed by atoms with E-state index in [2.05, 4.69) is 11.8 Å². The summed E-state index contributed by atoms with van der Waals surface area (Å²) in [6, 6.07) is 0.276. The molecule has 1 aliphatic carbocycles. The van der Waals surface area contributed by atoms with Gasteiger partial charge >= 0.3 is 5.97 Å². The first-order chi connectivity index (χ1) is 6.70. The Bertz CT molecular complexity index is 225. The van der Waals surface area contributed by atoms with E-state index in [1.54, 1.807) is 0 Å². The van der Waals surface area contributed by atoms with Crippen LogP contribution in [0.4, 0.5) is 0 Å². The van der Waals surface area contributed by atoms with Gasteiger partial charge in [0, 0.05) is 6.04 Å². The van der Waals surface area contributed by atoms with Gasteiger partial charge in [-0.2, -0.15) is 0 Å². The van der Waals surface area contributed by atoms with E-state index in [0.717, 1.165) is 25.3 Å². The maximum atomic E-state index is 11.0. The predicted octanol–water partition coefficient (Wildman–Crippen LogP) is 1.72. The third kappa shape index (κ3) is 1.65. The normalized spacial score (nSPS) is 31.4. The highest BCUT2D eigenvalue weighted by Crippen LogP contribution is 2.34. The minimum atomic E-state index is -0.631. The molecule has 0 radical (unpaired) electrons. The molecule has 0 spiro atoms. The third-order valence-corrected chi connectivity index (χ3v) is 3.93. The summed E-state index contributed by atoms with van der Waals surface area (Å²) in [4.78, 5) is 13.2. The lowest BCUT2D eigenvalue weighted by atomic mass is 9.79. The van der Waals surface area contributed by atoms with Gasteiger partial charge in [0.05, 0.1) is 0 Å².